The molecule has 1 spiro atoms. The van der Waals surface area contributed by atoms with Crippen LogP contribution < -0.4 is 10.6 Å². The van der Waals surface area contributed by atoms with Crippen LogP contribution in [0.15, 0.2) is 30.3 Å². The summed E-state index contributed by atoms with van der Waals surface area (Å²) in [7, 11) is 0. The van der Waals surface area contributed by atoms with E-state index in [9.17, 15) is 19.5 Å². The Kier molecular flexibility index (Phi) is 6.99. The van der Waals surface area contributed by atoms with Crippen molar-refractivity contribution in [2.45, 2.75) is 89.6 Å². The van der Waals surface area contributed by atoms with Gasteiger partial charge >= 0.3 is 0 Å². The fourth-order valence-electron chi connectivity index (χ4n) is 6.75. The van der Waals surface area contributed by atoms with E-state index in [0.29, 0.717) is 18.5 Å². The molecule has 3 amide bonds. The fourth-order valence-corrected chi connectivity index (χ4v) is 6.75. The van der Waals surface area contributed by atoms with Crippen LogP contribution in [-0.2, 0) is 19.1 Å². The van der Waals surface area contributed by atoms with E-state index in [4.69, 9.17) is 4.74 Å². The van der Waals surface area contributed by atoms with E-state index in [-0.39, 0.29) is 36.3 Å². The number of carbonyl (C=O) groups is 3. The molecule has 2 bridgehead atoms. The lowest BCUT2D eigenvalue weighted by Crippen LogP contribution is -2.59. The van der Waals surface area contributed by atoms with Crippen LogP contribution in [0.1, 0.15) is 60.3 Å². The van der Waals surface area contributed by atoms with E-state index < -0.39 is 35.1 Å². The summed E-state index contributed by atoms with van der Waals surface area (Å²) in [5.41, 5.74) is -1.33. The molecule has 4 rings (SSSR count). The number of rotatable bonds is 9. The number of nitrogens with zero attached hydrogens (tertiary/aromatic N) is 1. The van der Waals surface area contributed by atoms with Gasteiger partial charge in [0, 0.05) is 11.7 Å². The van der Waals surface area contributed by atoms with Crippen molar-refractivity contribution in [1.82, 2.24) is 10.2 Å². The van der Waals surface area contributed by atoms with E-state index in [1.165, 1.54) is 4.90 Å². The fraction of sp³-hybridized carbons (Fsp3) is 0.667. The van der Waals surface area contributed by atoms with Crippen molar-refractivity contribution in [2.75, 3.05) is 11.9 Å². The molecule has 1 aromatic rings. The Bertz CT molecular complexity index is 967. The van der Waals surface area contributed by atoms with Crippen LogP contribution in [0.4, 0.5) is 5.69 Å². The first-order valence-electron chi connectivity index (χ1n) is 12.9. The molecule has 3 heterocycles. The van der Waals surface area contributed by atoms with Gasteiger partial charge in [0.1, 0.15) is 11.6 Å². The van der Waals surface area contributed by atoms with Crippen molar-refractivity contribution < 1.29 is 24.2 Å². The maximum Gasteiger partial charge on any atom is 0.246 e. The number of para-hydroxylation sites is 1. The van der Waals surface area contributed by atoms with Crippen molar-refractivity contribution in [3.63, 3.8) is 0 Å². The minimum Gasteiger partial charge on any atom is -0.394 e. The number of aliphatic hydroxyl groups excluding tert-OH is 1. The molecule has 35 heavy (non-hydrogen) atoms. The highest BCUT2D eigenvalue weighted by atomic mass is 16.5. The van der Waals surface area contributed by atoms with Crippen LogP contribution in [0, 0.1) is 17.8 Å². The Morgan fingerprint density at radius 2 is 1.91 bits per heavy atom. The lowest BCUT2D eigenvalue weighted by molar-refractivity contribution is -0.150. The molecule has 3 saturated heterocycles. The second kappa shape index (κ2) is 9.54. The molecule has 1 aromatic carbocycles. The molecule has 8 atom stereocenters. The number of nitrogens with one attached hydrogen (secondary N) is 2. The standard InChI is InChI=1S/C27H39N3O5/c1-6-11-17(4)28-24(33)22-27-14-16(3)26(5,35-27)20(23(32)29-18-12-9-8-10-13-18)21(27)25(34)30(22)19(7-2)15-31/h8-10,12-13,16-17,19-22,31H,6-7,11,14-15H2,1-5H3,(H,28,33)(H,29,32)/t16?,17?,19-,20-,21-,22?,26+,27?/m0/s1. The second-order valence-corrected chi connectivity index (χ2v) is 10.7. The molecule has 0 radical (unpaired) electrons. The van der Waals surface area contributed by atoms with Gasteiger partial charge in [-0.3, -0.25) is 14.4 Å². The zero-order chi connectivity index (χ0) is 25.5. The maximum atomic E-state index is 14.0. The van der Waals surface area contributed by atoms with Gasteiger partial charge in [0.05, 0.1) is 30.1 Å². The molecule has 8 nitrogen and oxygen atoms in total. The largest absolute Gasteiger partial charge is 0.394 e. The number of fused-ring (bicyclic) bond motifs is 1. The monoisotopic (exact) mass is 485 g/mol. The maximum absolute atomic E-state index is 14.0. The lowest BCUT2D eigenvalue weighted by atomic mass is 9.62. The zero-order valence-electron chi connectivity index (χ0n) is 21.4. The van der Waals surface area contributed by atoms with E-state index in [2.05, 4.69) is 17.6 Å². The normalized spacial score (nSPS) is 35.0. The Hall–Kier alpha value is -2.45. The SMILES string of the molecule is CCCC(C)NC(=O)C1N([C@@H](CC)CO)C(=O)[C@@H]2[C@@H](C(=O)Nc3ccccc3)[C@]3(C)OC12CC3C. The number of likely N-dealkylation sites (tertiary alicyclic amines) is 1. The molecule has 4 unspecified atom stereocenters. The second-order valence-electron chi connectivity index (χ2n) is 10.7. The minimum atomic E-state index is -1.11. The highest BCUT2D eigenvalue weighted by Gasteiger charge is 2.80. The average Bonchev–Trinajstić information content (AvgIpc) is 3.33. The van der Waals surface area contributed by atoms with Crippen LogP contribution in [0.3, 0.4) is 0 Å². The summed E-state index contributed by atoms with van der Waals surface area (Å²) in [6.45, 7) is 9.56. The van der Waals surface area contributed by atoms with Crippen molar-refractivity contribution >= 4 is 23.4 Å². The Morgan fingerprint density at radius 3 is 2.51 bits per heavy atom. The summed E-state index contributed by atoms with van der Waals surface area (Å²) in [6.07, 6.45) is 2.74. The van der Waals surface area contributed by atoms with E-state index in [1.54, 1.807) is 12.1 Å². The number of aliphatic hydroxyl groups is 1. The number of benzene rings is 1. The quantitative estimate of drug-likeness (QED) is 0.499. The lowest BCUT2D eigenvalue weighted by Gasteiger charge is -2.37. The minimum absolute atomic E-state index is 0.0319. The molecule has 8 heteroatoms. The van der Waals surface area contributed by atoms with E-state index >= 15 is 0 Å². The molecule has 0 aromatic heterocycles. The first-order valence-corrected chi connectivity index (χ1v) is 12.9. The Balaban J connectivity index is 1.76. The molecule has 0 saturated carbocycles. The number of hydrogen-bond donors (Lipinski definition) is 3. The number of amides is 3. The summed E-state index contributed by atoms with van der Waals surface area (Å²) < 4.78 is 6.70. The molecule has 3 aliphatic rings. The number of hydrogen-bond acceptors (Lipinski definition) is 5. The van der Waals surface area contributed by atoms with E-state index in [1.807, 2.05) is 45.9 Å². The topological polar surface area (TPSA) is 108 Å². The highest BCUT2D eigenvalue weighted by molar-refractivity contribution is 6.02. The summed E-state index contributed by atoms with van der Waals surface area (Å²) >= 11 is 0. The van der Waals surface area contributed by atoms with Gasteiger partial charge in [0.15, 0.2) is 0 Å². The van der Waals surface area contributed by atoms with Crippen LogP contribution in [0.25, 0.3) is 0 Å². The average molecular weight is 486 g/mol. The smallest absolute Gasteiger partial charge is 0.246 e. The molecule has 0 aliphatic carbocycles. The summed E-state index contributed by atoms with van der Waals surface area (Å²) in [6, 6.07) is 7.69. The van der Waals surface area contributed by atoms with Gasteiger partial charge in [0.2, 0.25) is 17.7 Å². The van der Waals surface area contributed by atoms with Crippen LogP contribution in [0.5, 0.6) is 0 Å². The molecule has 3 aliphatic heterocycles. The molecule has 3 fully saturated rings. The highest BCUT2D eigenvalue weighted by Crippen LogP contribution is 2.65. The van der Waals surface area contributed by atoms with E-state index in [0.717, 1.165) is 12.8 Å². The Morgan fingerprint density at radius 1 is 1.23 bits per heavy atom. The van der Waals surface area contributed by atoms with Crippen LogP contribution in [-0.4, -0.2) is 63.7 Å². The third-order valence-electron chi connectivity index (χ3n) is 8.51. The van der Waals surface area contributed by atoms with Gasteiger partial charge in [-0.1, -0.05) is 45.4 Å². The van der Waals surface area contributed by atoms with Gasteiger partial charge in [-0.2, -0.15) is 0 Å². The molecular formula is C27H39N3O5. The first kappa shape index (κ1) is 25.6. The third kappa shape index (κ3) is 3.95. The number of anilines is 1. The van der Waals surface area contributed by atoms with Crippen molar-refractivity contribution in [2.24, 2.45) is 17.8 Å². The van der Waals surface area contributed by atoms with Crippen LogP contribution in [0.2, 0.25) is 0 Å². The van der Waals surface area contributed by atoms with Crippen LogP contribution >= 0.6 is 0 Å². The van der Waals surface area contributed by atoms with Gasteiger partial charge in [0.25, 0.3) is 0 Å². The predicted molar refractivity (Wildman–Crippen MR) is 132 cm³/mol. The molecular weight excluding hydrogens is 446 g/mol. The zero-order valence-corrected chi connectivity index (χ0v) is 21.4. The van der Waals surface area contributed by atoms with Gasteiger partial charge in [-0.25, -0.2) is 0 Å². The predicted octanol–water partition coefficient (Wildman–Crippen LogP) is 2.71. The molecule has 3 N–H and O–H groups in total. The van der Waals surface area contributed by atoms with Crippen molar-refractivity contribution in [3.05, 3.63) is 30.3 Å². The van der Waals surface area contributed by atoms with Gasteiger partial charge in [-0.15, -0.1) is 0 Å². The number of carbonyl (C=O) groups excluding carboxylic acids is 3. The summed E-state index contributed by atoms with van der Waals surface area (Å²) in [5.74, 6) is -2.39. The van der Waals surface area contributed by atoms with Crippen molar-refractivity contribution in [3.8, 4) is 0 Å². The van der Waals surface area contributed by atoms with Crippen molar-refractivity contribution in [1.29, 1.82) is 0 Å². The number of ether oxygens (including phenoxy) is 1. The van der Waals surface area contributed by atoms with Gasteiger partial charge in [-0.05, 0) is 51.2 Å². The van der Waals surface area contributed by atoms with Gasteiger partial charge < -0.3 is 25.4 Å². The Labute approximate surface area is 207 Å². The molecule has 192 valence electrons. The first-order chi connectivity index (χ1) is 16.6. The summed E-state index contributed by atoms with van der Waals surface area (Å²) in [4.78, 5) is 43.0. The third-order valence-corrected chi connectivity index (χ3v) is 8.51. The summed E-state index contributed by atoms with van der Waals surface area (Å²) in [5, 5.41) is 16.2.